The first kappa shape index (κ1) is 17.7. The van der Waals surface area contributed by atoms with Crippen molar-refractivity contribution in [2.75, 3.05) is 43.8 Å². The first-order chi connectivity index (χ1) is 12.8. The second-order valence-electron chi connectivity index (χ2n) is 7.85. The number of hydrogen-bond donors (Lipinski definition) is 3. The van der Waals surface area contributed by atoms with Crippen LogP contribution < -0.4 is 16.4 Å². The number of rotatable bonds is 4. The lowest BCUT2D eigenvalue weighted by molar-refractivity contribution is 0.173. The van der Waals surface area contributed by atoms with Gasteiger partial charge in [0.1, 0.15) is 5.82 Å². The average Bonchev–Trinajstić information content (AvgIpc) is 2.90. The van der Waals surface area contributed by atoms with Crippen LogP contribution in [0.1, 0.15) is 49.8 Å². The van der Waals surface area contributed by atoms with Gasteiger partial charge in [-0.05, 0) is 51.5 Å². The summed E-state index contributed by atoms with van der Waals surface area (Å²) in [5.41, 5.74) is 9.95. The molecule has 1 unspecified atom stereocenters. The van der Waals surface area contributed by atoms with Gasteiger partial charge in [-0.2, -0.15) is 4.98 Å². The van der Waals surface area contributed by atoms with Gasteiger partial charge in [-0.1, -0.05) is 11.6 Å². The van der Waals surface area contributed by atoms with Crippen LogP contribution in [0.25, 0.3) is 0 Å². The Morgan fingerprint density at radius 2 is 2.08 bits per heavy atom. The SMILES string of the molecule is Nc1nc2c(c(NCC3=CCCCC3)n1)CCN(C1CCCNC1)CC2. The fourth-order valence-electron chi connectivity index (χ4n) is 4.55. The molecule has 142 valence electrons. The van der Waals surface area contributed by atoms with Gasteiger partial charge in [0, 0.05) is 44.2 Å². The molecular formula is C20H32N6. The number of aromatic nitrogens is 2. The fourth-order valence-corrected chi connectivity index (χ4v) is 4.55. The predicted octanol–water partition coefficient (Wildman–Crippen LogP) is 2.12. The molecule has 1 fully saturated rings. The highest BCUT2D eigenvalue weighted by Crippen LogP contribution is 2.25. The van der Waals surface area contributed by atoms with Gasteiger partial charge in [-0.15, -0.1) is 0 Å². The zero-order chi connectivity index (χ0) is 17.8. The van der Waals surface area contributed by atoms with Crippen molar-refractivity contribution in [1.29, 1.82) is 0 Å². The number of nitrogen functional groups attached to an aromatic ring is 1. The summed E-state index contributed by atoms with van der Waals surface area (Å²) < 4.78 is 0. The topological polar surface area (TPSA) is 79.1 Å². The molecule has 0 aromatic carbocycles. The maximum Gasteiger partial charge on any atom is 0.222 e. The number of anilines is 2. The summed E-state index contributed by atoms with van der Waals surface area (Å²) in [4.78, 5) is 11.8. The van der Waals surface area contributed by atoms with Crippen LogP contribution in [-0.2, 0) is 12.8 Å². The highest BCUT2D eigenvalue weighted by Gasteiger charge is 2.25. The Hall–Kier alpha value is -1.66. The quantitative estimate of drug-likeness (QED) is 0.717. The van der Waals surface area contributed by atoms with E-state index in [0.717, 1.165) is 57.1 Å². The number of nitrogens with two attached hydrogens (primary N) is 1. The van der Waals surface area contributed by atoms with Gasteiger partial charge in [0.25, 0.3) is 0 Å². The third kappa shape index (κ3) is 4.18. The molecule has 3 heterocycles. The summed E-state index contributed by atoms with van der Waals surface area (Å²) in [6.45, 7) is 5.32. The minimum Gasteiger partial charge on any atom is -0.368 e. The van der Waals surface area contributed by atoms with Crippen molar-refractivity contribution >= 4 is 11.8 Å². The molecule has 2 aliphatic heterocycles. The Labute approximate surface area is 156 Å². The molecule has 4 N–H and O–H groups in total. The number of allylic oxidation sites excluding steroid dienone is 1. The van der Waals surface area contributed by atoms with Crippen LogP contribution in [0.2, 0.25) is 0 Å². The van der Waals surface area contributed by atoms with E-state index in [1.165, 1.54) is 49.7 Å². The molecule has 0 amide bonds. The summed E-state index contributed by atoms with van der Waals surface area (Å²) >= 11 is 0. The van der Waals surface area contributed by atoms with Gasteiger partial charge in [0.05, 0.1) is 5.69 Å². The van der Waals surface area contributed by atoms with E-state index in [0.29, 0.717) is 12.0 Å². The van der Waals surface area contributed by atoms with Crippen molar-refractivity contribution in [1.82, 2.24) is 20.2 Å². The Morgan fingerprint density at radius 1 is 1.15 bits per heavy atom. The predicted molar refractivity (Wildman–Crippen MR) is 106 cm³/mol. The molecule has 26 heavy (non-hydrogen) atoms. The van der Waals surface area contributed by atoms with Gasteiger partial charge in [0.15, 0.2) is 0 Å². The first-order valence-electron chi connectivity index (χ1n) is 10.3. The summed E-state index contributed by atoms with van der Waals surface area (Å²) in [7, 11) is 0. The van der Waals surface area contributed by atoms with Crippen LogP contribution in [0.5, 0.6) is 0 Å². The molecule has 6 nitrogen and oxygen atoms in total. The van der Waals surface area contributed by atoms with Gasteiger partial charge < -0.3 is 16.4 Å². The Kier molecular flexibility index (Phi) is 5.70. The zero-order valence-corrected chi connectivity index (χ0v) is 15.8. The third-order valence-electron chi connectivity index (χ3n) is 6.05. The van der Waals surface area contributed by atoms with Crippen LogP contribution in [0.4, 0.5) is 11.8 Å². The maximum atomic E-state index is 6.02. The molecule has 6 heteroatoms. The minimum absolute atomic E-state index is 0.400. The Bertz CT molecular complexity index is 650. The van der Waals surface area contributed by atoms with E-state index in [-0.39, 0.29) is 0 Å². The molecule has 1 atom stereocenters. The molecule has 1 aromatic heterocycles. The van der Waals surface area contributed by atoms with Crippen LogP contribution in [-0.4, -0.2) is 53.6 Å². The van der Waals surface area contributed by atoms with Crippen molar-refractivity contribution in [2.45, 2.75) is 57.4 Å². The highest BCUT2D eigenvalue weighted by atomic mass is 15.2. The molecule has 4 rings (SSSR count). The highest BCUT2D eigenvalue weighted by molar-refractivity contribution is 5.51. The van der Waals surface area contributed by atoms with E-state index in [1.807, 2.05) is 0 Å². The van der Waals surface area contributed by atoms with E-state index in [1.54, 1.807) is 0 Å². The van der Waals surface area contributed by atoms with E-state index >= 15 is 0 Å². The Balaban J connectivity index is 1.46. The third-order valence-corrected chi connectivity index (χ3v) is 6.05. The number of fused-ring (bicyclic) bond motifs is 1. The van der Waals surface area contributed by atoms with Crippen LogP contribution in [0.15, 0.2) is 11.6 Å². The van der Waals surface area contributed by atoms with Crippen molar-refractivity contribution in [3.63, 3.8) is 0 Å². The lowest BCUT2D eigenvalue weighted by Gasteiger charge is -2.33. The molecular weight excluding hydrogens is 324 g/mol. The van der Waals surface area contributed by atoms with Gasteiger partial charge in [-0.25, -0.2) is 4.98 Å². The van der Waals surface area contributed by atoms with Crippen molar-refractivity contribution in [3.8, 4) is 0 Å². The Morgan fingerprint density at radius 3 is 2.88 bits per heavy atom. The van der Waals surface area contributed by atoms with Crippen LogP contribution >= 0.6 is 0 Å². The number of piperidine rings is 1. The van der Waals surface area contributed by atoms with Crippen LogP contribution in [0, 0.1) is 0 Å². The summed E-state index contributed by atoms with van der Waals surface area (Å²) in [5.74, 6) is 1.36. The van der Waals surface area contributed by atoms with Gasteiger partial charge in [0.2, 0.25) is 5.95 Å². The van der Waals surface area contributed by atoms with Crippen molar-refractivity contribution < 1.29 is 0 Å². The minimum atomic E-state index is 0.400. The van der Waals surface area contributed by atoms with Gasteiger partial charge >= 0.3 is 0 Å². The molecule has 3 aliphatic rings. The van der Waals surface area contributed by atoms with Crippen LogP contribution in [0.3, 0.4) is 0 Å². The maximum absolute atomic E-state index is 6.02. The lowest BCUT2D eigenvalue weighted by atomic mass is 9.99. The van der Waals surface area contributed by atoms with Crippen molar-refractivity contribution in [2.24, 2.45) is 0 Å². The molecule has 1 aliphatic carbocycles. The second kappa shape index (κ2) is 8.35. The van der Waals surface area contributed by atoms with Crippen molar-refractivity contribution in [3.05, 3.63) is 22.9 Å². The number of nitrogens with zero attached hydrogens (tertiary/aromatic N) is 3. The molecule has 0 spiro atoms. The summed E-state index contributed by atoms with van der Waals surface area (Å²) in [6, 6.07) is 0.659. The van der Waals surface area contributed by atoms with E-state index < -0.39 is 0 Å². The average molecular weight is 357 g/mol. The molecule has 1 saturated heterocycles. The first-order valence-corrected chi connectivity index (χ1v) is 10.3. The smallest absolute Gasteiger partial charge is 0.222 e. The summed E-state index contributed by atoms with van der Waals surface area (Å²) in [6.07, 6.45) is 12.0. The van der Waals surface area contributed by atoms with Gasteiger partial charge in [-0.3, -0.25) is 4.90 Å². The second-order valence-corrected chi connectivity index (χ2v) is 7.85. The molecule has 0 bridgehead atoms. The monoisotopic (exact) mass is 356 g/mol. The molecule has 0 radical (unpaired) electrons. The normalized spacial score (nSPS) is 24.5. The van der Waals surface area contributed by atoms with E-state index in [9.17, 15) is 0 Å². The number of nitrogens with one attached hydrogen (secondary N) is 2. The standard InChI is InChI=1S/C20H32N6/c21-20-24-18-9-12-26(16-7-4-10-22-14-16)11-8-17(18)19(25-20)23-13-15-5-2-1-3-6-15/h5,16,22H,1-4,6-14H2,(H3,21,23,24,25). The lowest BCUT2D eigenvalue weighted by Crippen LogP contribution is -2.46. The van der Waals surface area contributed by atoms with E-state index in [2.05, 4.69) is 31.6 Å². The largest absolute Gasteiger partial charge is 0.368 e. The molecule has 0 saturated carbocycles. The zero-order valence-electron chi connectivity index (χ0n) is 15.8. The number of hydrogen-bond acceptors (Lipinski definition) is 6. The molecule has 1 aromatic rings. The fraction of sp³-hybridized carbons (Fsp3) is 0.700. The summed E-state index contributed by atoms with van der Waals surface area (Å²) in [5, 5.41) is 7.12. The van der Waals surface area contributed by atoms with E-state index in [4.69, 9.17) is 5.73 Å².